The highest BCUT2D eigenvalue weighted by Gasteiger charge is 2.41. The van der Waals surface area contributed by atoms with E-state index in [4.69, 9.17) is 4.42 Å². The van der Waals surface area contributed by atoms with Crippen molar-refractivity contribution >= 4 is 26.9 Å². The summed E-state index contributed by atoms with van der Waals surface area (Å²) in [6.07, 6.45) is -3.67. The van der Waals surface area contributed by atoms with E-state index in [-0.39, 0.29) is 23.8 Å². The molecule has 1 fully saturated rings. The Bertz CT molecular complexity index is 1600. The normalized spacial score (nSPS) is 16.7. The minimum atomic E-state index is -4.44. The van der Waals surface area contributed by atoms with Gasteiger partial charge in [0.2, 0.25) is 11.0 Å². The molecule has 4 aromatic rings. The van der Waals surface area contributed by atoms with Gasteiger partial charge in [0.1, 0.15) is 17.4 Å². The van der Waals surface area contributed by atoms with E-state index in [1.54, 1.807) is 18.2 Å². The van der Waals surface area contributed by atoms with Gasteiger partial charge in [-0.2, -0.15) is 17.5 Å². The molecule has 5 rings (SSSR count). The molecule has 1 atom stereocenters. The molecule has 1 saturated heterocycles. The molecule has 1 N–H and O–H groups in total. The van der Waals surface area contributed by atoms with Crippen molar-refractivity contribution in [1.82, 2.24) is 14.6 Å². The second kappa shape index (κ2) is 9.84. The molecule has 0 bridgehead atoms. The molecule has 0 saturated carbocycles. The third-order valence-electron chi connectivity index (χ3n) is 6.28. The Labute approximate surface area is 215 Å². The third-order valence-corrected chi connectivity index (χ3v) is 8.05. The minimum Gasteiger partial charge on any atom is -0.443 e. The lowest BCUT2D eigenvalue weighted by atomic mass is 10.1. The Hall–Kier alpha value is -3.77. The fraction of sp³-hybridized carbons (Fsp3) is 0.231. The Morgan fingerprint density at radius 2 is 1.84 bits per heavy atom. The molecule has 3 heterocycles. The van der Waals surface area contributed by atoms with Gasteiger partial charge >= 0.3 is 6.18 Å². The number of rotatable bonds is 6. The summed E-state index contributed by atoms with van der Waals surface area (Å²) in [5, 5.41) is 2.62. The summed E-state index contributed by atoms with van der Waals surface area (Å²) < 4.78 is 85.0. The summed E-state index contributed by atoms with van der Waals surface area (Å²) in [7, 11) is -4.16. The first-order valence-electron chi connectivity index (χ1n) is 11.6. The number of halogens is 4. The lowest BCUT2D eigenvalue weighted by Gasteiger charge is -2.22. The van der Waals surface area contributed by atoms with Crippen molar-refractivity contribution in [3.8, 4) is 11.3 Å². The van der Waals surface area contributed by atoms with Crippen molar-refractivity contribution in [2.75, 3.05) is 6.54 Å². The van der Waals surface area contributed by atoms with Crippen molar-refractivity contribution in [2.45, 2.75) is 36.7 Å². The number of alkyl halides is 3. The molecular weight excluding hydrogens is 526 g/mol. The van der Waals surface area contributed by atoms with Gasteiger partial charge in [0.05, 0.1) is 23.5 Å². The van der Waals surface area contributed by atoms with Gasteiger partial charge in [0.15, 0.2) is 0 Å². The van der Waals surface area contributed by atoms with Crippen molar-refractivity contribution in [1.29, 1.82) is 0 Å². The zero-order valence-corrected chi connectivity index (χ0v) is 20.5. The van der Waals surface area contributed by atoms with Gasteiger partial charge in [-0.3, -0.25) is 9.78 Å². The monoisotopic (exact) mass is 547 g/mol. The maximum atomic E-state index is 13.5. The topological polar surface area (TPSA) is 92.5 Å². The third kappa shape index (κ3) is 5.14. The van der Waals surface area contributed by atoms with Crippen LogP contribution >= 0.6 is 0 Å². The summed E-state index contributed by atoms with van der Waals surface area (Å²) in [6, 6.07) is 13.5. The van der Waals surface area contributed by atoms with Gasteiger partial charge in [-0.1, -0.05) is 18.2 Å². The van der Waals surface area contributed by atoms with E-state index in [1.807, 2.05) is 0 Å². The number of pyridine rings is 1. The lowest BCUT2D eigenvalue weighted by Crippen LogP contribution is -2.45. The van der Waals surface area contributed by atoms with E-state index in [1.165, 1.54) is 24.3 Å². The van der Waals surface area contributed by atoms with Crippen LogP contribution in [0.4, 0.5) is 17.6 Å². The lowest BCUT2D eigenvalue weighted by molar-refractivity contribution is -0.137. The van der Waals surface area contributed by atoms with Crippen LogP contribution in [0.2, 0.25) is 0 Å². The van der Waals surface area contributed by atoms with E-state index < -0.39 is 39.5 Å². The predicted octanol–water partition coefficient (Wildman–Crippen LogP) is 5.12. The van der Waals surface area contributed by atoms with Crippen LogP contribution in [-0.2, 0) is 27.5 Å². The molecule has 1 amide bonds. The first-order chi connectivity index (χ1) is 18.0. The molecule has 1 aliphatic rings. The van der Waals surface area contributed by atoms with Crippen LogP contribution in [0, 0.1) is 5.82 Å². The van der Waals surface area contributed by atoms with Crippen molar-refractivity contribution in [2.24, 2.45) is 0 Å². The maximum Gasteiger partial charge on any atom is 0.416 e. The first kappa shape index (κ1) is 25.9. The van der Waals surface area contributed by atoms with E-state index in [2.05, 4.69) is 10.3 Å². The molecule has 1 aliphatic heterocycles. The van der Waals surface area contributed by atoms with Gasteiger partial charge in [0.25, 0.3) is 10.0 Å². The summed E-state index contributed by atoms with van der Waals surface area (Å²) in [4.78, 5) is 17.4. The van der Waals surface area contributed by atoms with E-state index in [0.717, 1.165) is 28.6 Å². The van der Waals surface area contributed by atoms with Crippen LogP contribution in [-0.4, -0.2) is 36.2 Å². The predicted molar refractivity (Wildman–Crippen MR) is 130 cm³/mol. The number of aromatic nitrogens is 1. The second-order valence-corrected chi connectivity index (χ2v) is 10.6. The van der Waals surface area contributed by atoms with Crippen LogP contribution in [0.1, 0.15) is 24.1 Å². The standard InChI is InChI=1S/C26H21F4N3O4S/c27-19-10-11-23-17(13-19)14-24(37-23)38(35,36)33-12-2-5-22(33)25(34)31-15-20-3-1-4-21(32-20)16-6-8-18(9-7-16)26(28,29)30/h1,3-4,6-11,13-14,22H,2,5,12,15H2,(H,31,34)/t22-/m0/s1. The Morgan fingerprint density at radius 3 is 2.58 bits per heavy atom. The largest absolute Gasteiger partial charge is 0.443 e. The molecule has 198 valence electrons. The smallest absolute Gasteiger partial charge is 0.416 e. The molecule has 0 aliphatic carbocycles. The average Bonchev–Trinajstić information content (AvgIpc) is 3.55. The SMILES string of the molecule is O=C(NCc1cccc(-c2ccc(C(F)(F)F)cc2)n1)[C@@H]1CCCN1S(=O)(=O)c1cc2cc(F)ccc2o1. The zero-order chi connectivity index (χ0) is 27.1. The fourth-order valence-corrected chi connectivity index (χ4v) is 5.99. The number of carbonyl (C=O) groups is 1. The first-order valence-corrected chi connectivity index (χ1v) is 13.1. The Morgan fingerprint density at radius 1 is 1.08 bits per heavy atom. The van der Waals surface area contributed by atoms with E-state index >= 15 is 0 Å². The number of carbonyl (C=O) groups excluding carboxylic acids is 1. The molecule has 0 unspecified atom stereocenters. The summed E-state index contributed by atoms with van der Waals surface area (Å²) >= 11 is 0. The van der Waals surface area contributed by atoms with Gasteiger partial charge in [-0.05, 0) is 55.3 Å². The molecule has 0 spiro atoms. The zero-order valence-electron chi connectivity index (χ0n) is 19.7. The van der Waals surface area contributed by atoms with Crippen LogP contribution in [0.25, 0.3) is 22.2 Å². The highest BCUT2D eigenvalue weighted by Crippen LogP contribution is 2.32. The number of fused-ring (bicyclic) bond motifs is 1. The number of sulfonamides is 1. The van der Waals surface area contributed by atoms with Crippen molar-refractivity contribution < 1.29 is 35.2 Å². The molecule has 12 heteroatoms. The molecule has 7 nitrogen and oxygen atoms in total. The summed E-state index contributed by atoms with van der Waals surface area (Å²) in [6.45, 7) is 0.106. The summed E-state index contributed by atoms with van der Waals surface area (Å²) in [5.41, 5.74) is 0.795. The number of hydrogen-bond donors (Lipinski definition) is 1. The van der Waals surface area contributed by atoms with Gasteiger partial charge < -0.3 is 9.73 Å². The second-order valence-electron chi connectivity index (χ2n) is 8.83. The van der Waals surface area contributed by atoms with Crippen LogP contribution in [0.5, 0.6) is 0 Å². The average molecular weight is 548 g/mol. The van der Waals surface area contributed by atoms with Crippen LogP contribution < -0.4 is 5.32 Å². The van der Waals surface area contributed by atoms with Crippen LogP contribution in [0.15, 0.2) is 76.2 Å². The molecular formula is C26H21F4N3O4S. The number of benzene rings is 2. The highest BCUT2D eigenvalue weighted by atomic mass is 32.2. The minimum absolute atomic E-state index is 0.0123. The Balaban J connectivity index is 1.28. The molecule has 2 aromatic carbocycles. The van der Waals surface area contributed by atoms with Gasteiger partial charge in [-0.25, -0.2) is 12.8 Å². The number of amides is 1. The van der Waals surface area contributed by atoms with Crippen molar-refractivity contribution in [3.05, 3.63) is 83.8 Å². The molecule has 2 aromatic heterocycles. The van der Waals surface area contributed by atoms with E-state index in [9.17, 15) is 30.8 Å². The number of furan rings is 1. The Kier molecular flexibility index (Phi) is 6.70. The highest BCUT2D eigenvalue weighted by molar-refractivity contribution is 7.89. The summed E-state index contributed by atoms with van der Waals surface area (Å²) in [5.74, 6) is -1.05. The van der Waals surface area contributed by atoms with Crippen LogP contribution in [0.3, 0.4) is 0 Å². The van der Waals surface area contributed by atoms with Gasteiger partial charge in [0, 0.05) is 23.6 Å². The number of nitrogens with zero attached hydrogens (tertiary/aromatic N) is 2. The number of nitrogens with one attached hydrogen (secondary N) is 1. The fourth-order valence-electron chi connectivity index (χ4n) is 4.39. The molecule has 0 radical (unpaired) electrons. The van der Waals surface area contributed by atoms with E-state index in [0.29, 0.717) is 35.2 Å². The molecule has 38 heavy (non-hydrogen) atoms. The maximum absolute atomic E-state index is 13.5. The quantitative estimate of drug-likeness (QED) is 0.338. The van der Waals surface area contributed by atoms with Gasteiger partial charge in [-0.15, -0.1) is 0 Å². The van der Waals surface area contributed by atoms with Crippen molar-refractivity contribution in [3.63, 3.8) is 0 Å². The number of hydrogen-bond acceptors (Lipinski definition) is 5.